The van der Waals surface area contributed by atoms with E-state index in [0.717, 1.165) is 16.4 Å². The zero-order valence-electron chi connectivity index (χ0n) is 21.8. The number of aliphatic hydroxyl groups is 3. The average molecular weight is 519 g/mol. The van der Waals surface area contributed by atoms with E-state index in [-0.39, 0.29) is 11.6 Å². The van der Waals surface area contributed by atoms with Crippen LogP contribution >= 0.6 is 0 Å². The lowest BCUT2D eigenvalue weighted by Gasteiger charge is -2.45. The second kappa shape index (κ2) is 11.4. The highest BCUT2D eigenvalue weighted by molar-refractivity contribution is 6.99. The lowest BCUT2D eigenvalue weighted by molar-refractivity contribution is -0.299. The van der Waals surface area contributed by atoms with Crippen molar-refractivity contribution in [3.63, 3.8) is 0 Å². The van der Waals surface area contributed by atoms with Crippen molar-refractivity contribution in [3.05, 3.63) is 60.7 Å². The Morgan fingerprint density at radius 1 is 0.800 bits per heavy atom. The Bertz CT molecular complexity index is 873. The molecule has 1 saturated heterocycles. The summed E-state index contributed by atoms with van der Waals surface area (Å²) < 4.78 is 18.7. The molecule has 5 atom stereocenters. The zero-order chi connectivity index (χ0) is 25.9. The molecule has 35 heavy (non-hydrogen) atoms. The first-order valence-electron chi connectivity index (χ1n) is 12.4. The molecule has 0 spiro atoms. The molecule has 2 aromatic rings. The number of hydrogen-bond acceptors (Lipinski definition) is 6. The third-order valence-electron chi connectivity index (χ3n) is 6.68. The molecule has 3 rings (SSSR count). The van der Waals surface area contributed by atoms with Gasteiger partial charge in [0.1, 0.15) is 24.4 Å². The summed E-state index contributed by atoms with van der Waals surface area (Å²) in [6, 6.07) is 21.4. The highest BCUT2D eigenvalue weighted by Crippen LogP contribution is 2.37. The van der Waals surface area contributed by atoms with Gasteiger partial charge in [-0.1, -0.05) is 101 Å². The van der Waals surface area contributed by atoms with Crippen molar-refractivity contribution in [1.82, 2.24) is 0 Å². The van der Waals surface area contributed by atoms with Gasteiger partial charge in [-0.2, -0.15) is 0 Å². The van der Waals surface area contributed by atoms with E-state index in [9.17, 15) is 15.3 Å². The predicted octanol–water partition coefficient (Wildman–Crippen LogP) is 2.73. The first-order chi connectivity index (χ1) is 16.4. The molecule has 0 aliphatic carbocycles. The van der Waals surface area contributed by atoms with Crippen LogP contribution in [0.15, 0.2) is 60.7 Å². The van der Waals surface area contributed by atoms with Gasteiger partial charge >= 0.3 is 0 Å². The second-order valence-electron chi connectivity index (χ2n) is 11.7. The van der Waals surface area contributed by atoms with Crippen molar-refractivity contribution in [2.24, 2.45) is 0 Å². The number of aliphatic hydroxyl groups excluding tert-OH is 3. The van der Waals surface area contributed by atoms with Crippen LogP contribution in [0.3, 0.4) is 0 Å². The molecule has 8 heteroatoms. The maximum Gasteiger partial charge on any atom is 0.261 e. The summed E-state index contributed by atoms with van der Waals surface area (Å²) >= 11 is 0. The lowest BCUT2D eigenvalue weighted by atomic mass is 9.99. The van der Waals surface area contributed by atoms with Crippen LogP contribution < -0.4 is 10.4 Å². The van der Waals surface area contributed by atoms with E-state index in [0.29, 0.717) is 6.61 Å². The van der Waals surface area contributed by atoms with Crippen LogP contribution in [-0.2, 0) is 13.9 Å². The molecule has 1 aliphatic rings. The smallest absolute Gasteiger partial charge is 0.261 e. The third kappa shape index (κ3) is 6.50. The van der Waals surface area contributed by atoms with Gasteiger partial charge in [-0.05, 0) is 21.5 Å². The van der Waals surface area contributed by atoms with E-state index in [2.05, 4.69) is 64.7 Å². The molecule has 3 N–H and O–H groups in total. The Hall–Kier alpha value is -1.37. The van der Waals surface area contributed by atoms with Crippen LogP contribution in [0, 0.1) is 0 Å². The van der Waals surface area contributed by atoms with Gasteiger partial charge in [0, 0.05) is 14.7 Å². The molecule has 0 saturated carbocycles. The maximum atomic E-state index is 10.8. The molecule has 0 aromatic heterocycles. The van der Waals surface area contributed by atoms with E-state index >= 15 is 0 Å². The summed E-state index contributed by atoms with van der Waals surface area (Å²) in [5.41, 5.74) is 0. The van der Waals surface area contributed by atoms with Crippen LogP contribution in [0.2, 0.25) is 30.7 Å². The van der Waals surface area contributed by atoms with Crippen LogP contribution in [0.5, 0.6) is 0 Å². The van der Waals surface area contributed by atoms with Gasteiger partial charge in [-0.3, -0.25) is 0 Å². The molecular weight excluding hydrogens is 476 g/mol. The van der Waals surface area contributed by atoms with Crippen molar-refractivity contribution in [2.45, 2.75) is 82.2 Å². The molecule has 2 aromatic carbocycles. The fourth-order valence-electron chi connectivity index (χ4n) is 4.64. The van der Waals surface area contributed by atoms with Crippen molar-refractivity contribution in [2.75, 3.05) is 13.2 Å². The lowest BCUT2D eigenvalue weighted by Crippen LogP contribution is -2.68. The second-order valence-corrected chi connectivity index (χ2v) is 21.6. The van der Waals surface area contributed by atoms with E-state index in [4.69, 9.17) is 13.9 Å². The molecule has 194 valence electrons. The summed E-state index contributed by atoms with van der Waals surface area (Å²) in [6.07, 6.45) is -5.85. The van der Waals surface area contributed by atoms with Crippen LogP contribution in [0.4, 0.5) is 0 Å². The Kier molecular flexibility index (Phi) is 9.15. The summed E-state index contributed by atoms with van der Waals surface area (Å²) in [6.45, 7) is 13.8. The molecule has 6 nitrogen and oxygen atoms in total. The highest BCUT2D eigenvalue weighted by Gasteiger charge is 2.52. The minimum atomic E-state index is -2.84. The summed E-state index contributed by atoms with van der Waals surface area (Å²) in [5, 5.41) is 33.8. The molecule has 1 aliphatic heterocycles. The topological polar surface area (TPSA) is 88.4 Å². The van der Waals surface area contributed by atoms with Crippen LogP contribution in [-0.4, -0.2) is 75.6 Å². The van der Waals surface area contributed by atoms with Gasteiger partial charge in [0.15, 0.2) is 6.29 Å². The summed E-state index contributed by atoms with van der Waals surface area (Å²) in [4.78, 5) is 0. The first-order valence-corrected chi connectivity index (χ1v) is 18.0. The minimum Gasteiger partial charge on any atom is -0.405 e. The van der Waals surface area contributed by atoms with Gasteiger partial charge in [-0.25, -0.2) is 0 Å². The van der Waals surface area contributed by atoms with Crippen LogP contribution in [0.25, 0.3) is 0 Å². The fraction of sp³-hybridized carbons (Fsp3) is 0.556. The van der Waals surface area contributed by atoms with E-state index in [1.165, 1.54) is 0 Å². The van der Waals surface area contributed by atoms with E-state index in [1.54, 1.807) is 0 Å². The third-order valence-corrected chi connectivity index (χ3v) is 13.4. The standard InChI is InChI=1S/C27H42O6Si2/c1-27(2,3)35(20-13-9-7-10-14-20,21-15-11-8-12-16-21)32-19-22-23(28)24(29)25(30)26(33-22)31-17-18-34(4,5)6/h7-16,22-26,28-30H,17-19H2,1-6H3/t22-,23+,24+,25-,26-/m1/s1. The molecular formula is C27H42O6Si2. The summed E-state index contributed by atoms with van der Waals surface area (Å²) in [7, 11) is -4.19. The Morgan fingerprint density at radius 3 is 1.77 bits per heavy atom. The fourth-order valence-corrected chi connectivity index (χ4v) is 9.94. The Labute approximate surface area is 212 Å². The average Bonchev–Trinajstić information content (AvgIpc) is 2.80. The molecule has 0 radical (unpaired) electrons. The predicted molar refractivity (Wildman–Crippen MR) is 144 cm³/mol. The quantitative estimate of drug-likeness (QED) is 0.443. The SMILES string of the molecule is CC(C)(C)[Si](OC[C@H]1O[C@@H](OCC[Si](C)(C)C)[C@H](O)[C@@H](O)[C@H]1O)(c1ccccc1)c1ccccc1. The van der Waals surface area contributed by atoms with Crippen molar-refractivity contribution < 1.29 is 29.2 Å². The number of hydrogen-bond donors (Lipinski definition) is 3. The van der Waals surface area contributed by atoms with Crippen molar-refractivity contribution in [1.29, 1.82) is 0 Å². The zero-order valence-corrected chi connectivity index (χ0v) is 23.8. The highest BCUT2D eigenvalue weighted by atomic mass is 28.4. The van der Waals surface area contributed by atoms with Gasteiger partial charge in [0.05, 0.1) is 6.61 Å². The molecule has 1 fully saturated rings. The number of ether oxygens (including phenoxy) is 2. The monoisotopic (exact) mass is 518 g/mol. The van der Waals surface area contributed by atoms with E-state index in [1.807, 2.05) is 36.4 Å². The van der Waals surface area contributed by atoms with Crippen molar-refractivity contribution >= 4 is 26.8 Å². The van der Waals surface area contributed by atoms with Gasteiger partial charge < -0.3 is 29.2 Å². The van der Waals surface area contributed by atoms with Gasteiger partial charge in [-0.15, -0.1) is 0 Å². The minimum absolute atomic E-state index is 0.0616. The summed E-state index contributed by atoms with van der Waals surface area (Å²) in [5.74, 6) is 0. The molecule has 1 heterocycles. The molecule has 0 amide bonds. The van der Waals surface area contributed by atoms with Crippen LogP contribution in [0.1, 0.15) is 20.8 Å². The number of rotatable bonds is 9. The molecule has 0 bridgehead atoms. The normalized spacial score (nSPS) is 26.0. The maximum absolute atomic E-state index is 10.8. The molecule has 0 unspecified atom stereocenters. The van der Waals surface area contributed by atoms with E-state index < -0.39 is 47.1 Å². The van der Waals surface area contributed by atoms with Gasteiger partial charge in [0.25, 0.3) is 8.32 Å². The Morgan fingerprint density at radius 2 is 1.31 bits per heavy atom. The van der Waals surface area contributed by atoms with Gasteiger partial charge in [0.2, 0.25) is 0 Å². The van der Waals surface area contributed by atoms with Crippen molar-refractivity contribution in [3.8, 4) is 0 Å². The first kappa shape index (κ1) is 28.2. The largest absolute Gasteiger partial charge is 0.405 e. The number of benzene rings is 2. The Balaban J connectivity index is 1.88.